The first-order valence-corrected chi connectivity index (χ1v) is 20.1. The van der Waals surface area contributed by atoms with Crippen LogP contribution in [0.5, 0.6) is 11.5 Å². The van der Waals surface area contributed by atoms with E-state index in [0.29, 0.717) is 97.8 Å². The lowest BCUT2D eigenvalue weighted by Crippen LogP contribution is -2.53. The van der Waals surface area contributed by atoms with E-state index in [1.54, 1.807) is 32.3 Å². The first-order chi connectivity index (χ1) is 27.7. The molecule has 3 aromatic carbocycles. The maximum absolute atomic E-state index is 14.2. The molecular weight excluding hydrogens is 750 g/mol. The summed E-state index contributed by atoms with van der Waals surface area (Å²) in [6, 6.07) is 16.2. The summed E-state index contributed by atoms with van der Waals surface area (Å²) in [5.74, 6) is 0.432. The Morgan fingerprint density at radius 2 is 1.37 bits per heavy atom. The van der Waals surface area contributed by atoms with E-state index in [9.17, 15) is 24.7 Å². The Labute approximate surface area is 336 Å². The van der Waals surface area contributed by atoms with Crippen molar-refractivity contribution in [1.82, 2.24) is 16.0 Å². The van der Waals surface area contributed by atoms with Crippen molar-refractivity contribution >= 4 is 52.2 Å². The number of alkyl halides is 1. The molecule has 57 heavy (non-hydrogen) atoms. The number of amides is 3. The van der Waals surface area contributed by atoms with Crippen LogP contribution >= 0.6 is 11.6 Å². The molecule has 3 aromatic rings. The van der Waals surface area contributed by atoms with Crippen LogP contribution in [0.3, 0.4) is 0 Å². The Morgan fingerprint density at radius 1 is 0.789 bits per heavy atom. The van der Waals surface area contributed by atoms with Gasteiger partial charge in [0.25, 0.3) is 11.7 Å². The molecule has 0 atom stereocenters. The summed E-state index contributed by atoms with van der Waals surface area (Å²) in [5.41, 5.74) is 13.0. The van der Waals surface area contributed by atoms with Gasteiger partial charge in [-0.15, -0.1) is 11.6 Å². The maximum Gasteiger partial charge on any atom is 0.358 e. The van der Waals surface area contributed by atoms with E-state index in [2.05, 4.69) is 30.5 Å². The van der Waals surface area contributed by atoms with Crippen molar-refractivity contribution in [2.45, 2.75) is 31.1 Å². The van der Waals surface area contributed by atoms with Gasteiger partial charge in [-0.3, -0.25) is 19.2 Å². The lowest BCUT2D eigenvalue weighted by atomic mass is 9.67. The zero-order chi connectivity index (χ0) is 40.1. The normalized spacial score (nSPS) is 16.5. The van der Waals surface area contributed by atoms with Gasteiger partial charge in [-0.25, -0.2) is 0 Å². The minimum Gasteiger partial charge on any atom is -0.457 e. The average Bonchev–Trinajstić information content (AvgIpc) is 3.43. The van der Waals surface area contributed by atoms with Crippen molar-refractivity contribution in [3.63, 3.8) is 0 Å². The van der Waals surface area contributed by atoms with Crippen molar-refractivity contribution in [3.8, 4) is 11.5 Å². The number of carbonyl (C=O) groups is 4. The molecule has 3 heterocycles. The molecule has 1 spiro atoms. The van der Waals surface area contributed by atoms with Crippen molar-refractivity contribution in [3.05, 3.63) is 87.9 Å². The van der Waals surface area contributed by atoms with Gasteiger partial charge in [0.1, 0.15) is 11.5 Å². The third-order valence-corrected chi connectivity index (χ3v) is 11.6. The van der Waals surface area contributed by atoms with E-state index in [0.717, 1.165) is 37.1 Å². The third-order valence-electron chi connectivity index (χ3n) is 11.4. The van der Waals surface area contributed by atoms with E-state index < -0.39 is 11.2 Å². The van der Waals surface area contributed by atoms with E-state index in [1.165, 1.54) is 0 Å². The summed E-state index contributed by atoms with van der Waals surface area (Å²) in [4.78, 5) is 60.1. The van der Waals surface area contributed by atoms with E-state index in [-0.39, 0.29) is 41.8 Å². The molecule has 0 aromatic heterocycles. The van der Waals surface area contributed by atoms with Crippen LogP contribution in [-0.2, 0) is 24.5 Å². The number of hydrogen-bond acceptors (Lipinski definition) is 9. The van der Waals surface area contributed by atoms with Gasteiger partial charge in [0, 0.05) is 105 Å². The van der Waals surface area contributed by atoms with Crippen molar-refractivity contribution in [2.24, 2.45) is 11.8 Å². The zero-order valence-electron chi connectivity index (χ0n) is 32.3. The maximum atomic E-state index is 14.2. The minimum atomic E-state index is -1.43. The number of fused-ring (bicyclic) bond motifs is 6. The second-order valence-corrected chi connectivity index (χ2v) is 15.1. The lowest BCUT2D eigenvalue weighted by Gasteiger charge is -2.42. The average molecular weight is 798 g/mol. The van der Waals surface area contributed by atoms with Gasteiger partial charge < -0.3 is 45.5 Å². The second kappa shape index (κ2) is 17.5. The van der Waals surface area contributed by atoms with Gasteiger partial charge >= 0.3 is 5.71 Å². The van der Waals surface area contributed by atoms with Crippen molar-refractivity contribution in [1.29, 1.82) is 0 Å². The van der Waals surface area contributed by atoms with Crippen LogP contribution in [0.1, 0.15) is 63.1 Å². The highest BCUT2D eigenvalue weighted by Gasteiger charge is 2.62. The Balaban J connectivity index is 1.15. The van der Waals surface area contributed by atoms with Crippen molar-refractivity contribution < 1.29 is 38.2 Å². The molecule has 0 radical (unpaired) electrons. The fraction of sp³-hybridized carbons (Fsp3) is 0.452. The summed E-state index contributed by atoms with van der Waals surface area (Å²) in [5, 5.41) is 8.33. The number of ketones is 1. The van der Waals surface area contributed by atoms with Crippen LogP contribution in [0.2, 0.25) is 0 Å². The van der Waals surface area contributed by atoms with E-state index >= 15 is 0 Å². The largest absolute Gasteiger partial charge is 0.457 e. The number of halogens is 1. The van der Waals surface area contributed by atoms with Crippen molar-refractivity contribution in [2.75, 3.05) is 88.9 Å². The number of nitrogens with zero attached hydrogens (tertiary/aromatic N) is 4. The van der Waals surface area contributed by atoms with E-state index in [4.69, 9.17) is 25.8 Å². The Morgan fingerprint density at radius 3 is 1.93 bits per heavy atom. The monoisotopic (exact) mass is 797 g/mol. The molecule has 1 aliphatic carbocycles. The SMILES string of the molecule is CNC(=O)C1CN(c2ccc3c(c2)Oc2cc(N4CC(C(=O)NC)C4)ccc2C32C(=[N+]=[N-])C(=O)c3ccc(C(=O)NCCOCCOCCCCCCCl)cc32)C1. The highest BCUT2D eigenvalue weighted by molar-refractivity contribution is 6.52. The van der Waals surface area contributed by atoms with Crippen LogP contribution in [0.4, 0.5) is 11.4 Å². The van der Waals surface area contributed by atoms with Crippen LogP contribution in [-0.4, -0.2) is 113 Å². The van der Waals surface area contributed by atoms with Crippen LogP contribution in [0.15, 0.2) is 54.6 Å². The summed E-state index contributed by atoms with van der Waals surface area (Å²) in [6.45, 7) is 4.24. The van der Waals surface area contributed by atoms with Gasteiger partial charge in [0.2, 0.25) is 11.8 Å². The van der Waals surface area contributed by atoms with Gasteiger partial charge in [-0.1, -0.05) is 25.0 Å². The smallest absolute Gasteiger partial charge is 0.358 e. The molecule has 14 nitrogen and oxygen atoms in total. The molecule has 7 rings (SSSR count). The molecular formula is C42H48ClN7O7. The molecule has 4 aliphatic rings. The minimum absolute atomic E-state index is 0.0203. The number of nitrogens with one attached hydrogen (secondary N) is 3. The van der Waals surface area contributed by atoms with Crippen LogP contribution in [0.25, 0.3) is 5.53 Å². The first kappa shape index (κ1) is 39.9. The van der Waals surface area contributed by atoms with Gasteiger partial charge in [-0.05, 0) is 48.7 Å². The summed E-state index contributed by atoms with van der Waals surface area (Å²) in [6.07, 6.45) is 4.18. The number of benzene rings is 3. The second-order valence-electron chi connectivity index (χ2n) is 14.8. The van der Waals surface area contributed by atoms with Gasteiger partial charge in [0.15, 0.2) is 5.41 Å². The molecule has 0 bridgehead atoms. The van der Waals surface area contributed by atoms with Gasteiger partial charge in [-0.2, -0.15) is 4.79 Å². The zero-order valence-corrected chi connectivity index (χ0v) is 33.0. The summed E-state index contributed by atoms with van der Waals surface area (Å²) in [7, 11) is 3.25. The lowest BCUT2D eigenvalue weighted by molar-refractivity contribution is -0.126. The first-order valence-electron chi connectivity index (χ1n) is 19.6. The molecule has 0 unspecified atom stereocenters. The van der Waals surface area contributed by atoms with Gasteiger partial charge in [0.05, 0.1) is 31.7 Å². The molecule has 3 N–H and O–H groups in total. The summed E-state index contributed by atoms with van der Waals surface area (Å²) >= 11 is 5.72. The number of Topliss-reactive ketones (excluding diaryl/α,β-unsaturated/α-hetero) is 1. The molecule has 3 aliphatic heterocycles. The molecule has 300 valence electrons. The fourth-order valence-electron chi connectivity index (χ4n) is 8.18. The predicted octanol–water partition coefficient (Wildman–Crippen LogP) is 3.92. The molecule has 3 amide bonds. The molecule has 15 heteroatoms. The number of anilines is 2. The number of carbonyl (C=O) groups excluding carboxylic acids is 4. The quantitative estimate of drug-likeness (QED) is 0.0792. The number of ether oxygens (including phenoxy) is 3. The number of rotatable bonds is 17. The topological polar surface area (TPSA) is 175 Å². The highest BCUT2D eigenvalue weighted by Crippen LogP contribution is 2.57. The molecule has 0 saturated carbocycles. The Hall–Kier alpha value is -5.27. The Kier molecular flexibility index (Phi) is 12.2. The van der Waals surface area contributed by atoms with E-state index in [1.807, 2.05) is 36.4 Å². The van der Waals surface area contributed by atoms with Crippen LogP contribution < -0.4 is 30.5 Å². The highest BCUT2D eigenvalue weighted by atomic mass is 35.5. The number of unbranched alkanes of at least 4 members (excludes halogenated alkanes) is 3. The Bertz CT molecular complexity index is 2010. The number of hydrogen-bond donors (Lipinski definition) is 3. The fourth-order valence-corrected chi connectivity index (χ4v) is 8.37. The molecule has 2 saturated heterocycles. The predicted molar refractivity (Wildman–Crippen MR) is 215 cm³/mol. The standard InChI is InChI=1S/C42H48ClN7O7/c1-45-39(52)27-22-49(23-27)29-8-11-32-35(20-29)57-36-21-30(50-24-28(25-50)40(53)46-2)9-12-33(36)42(32)34-19-26(7-10-31(34)37(51)38(42)48-44)41(54)47-14-16-56-18-17-55-15-6-4-3-5-13-43/h7-12,19-21,27-28H,3-6,13-18,22-25H2,1-2H3,(H,45,52)(H,46,53)(H,47,54). The summed E-state index contributed by atoms with van der Waals surface area (Å²) < 4.78 is 18.0. The third kappa shape index (κ3) is 7.62. The van der Waals surface area contributed by atoms with Crippen LogP contribution in [0, 0.1) is 11.8 Å². The molecule has 2 fully saturated rings.